The van der Waals surface area contributed by atoms with Crippen molar-refractivity contribution in [2.75, 3.05) is 6.54 Å². The lowest BCUT2D eigenvalue weighted by Gasteiger charge is -2.06. The minimum atomic E-state index is -0.209. The summed E-state index contributed by atoms with van der Waals surface area (Å²) >= 11 is 3.27. The maximum atomic E-state index is 11.7. The normalized spacial score (nSPS) is 14.8. The Morgan fingerprint density at radius 3 is 2.94 bits per heavy atom. The summed E-state index contributed by atoms with van der Waals surface area (Å²) in [7, 11) is 0. The van der Waals surface area contributed by atoms with Crippen LogP contribution < -0.4 is 5.32 Å². The maximum absolute atomic E-state index is 11.7. The molecule has 1 amide bonds. The minimum Gasteiger partial charge on any atom is -0.507 e. The van der Waals surface area contributed by atoms with E-state index < -0.39 is 0 Å². The fourth-order valence-electron chi connectivity index (χ4n) is 1.58. The number of aromatic hydroxyl groups is 1. The van der Waals surface area contributed by atoms with Crippen LogP contribution >= 0.6 is 15.9 Å². The molecule has 1 aliphatic carbocycles. The third-order valence-corrected chi connectivity index (χ3v) is 3.23. The maximum Gasteiger partial charge on any atom is 0.255 e. The summed E-state index contributed by atoms with van der Waals surface area (Å²) in [6, 6.07) is 4.85. The van der Waals surface area contributed by atoms with Crippen molar-refractivity contribution in [2.45, 2.75) is 19.3 Å². The Morgan fingerprint density at radius 1 is 1.50 bits per heavy atom. The van der Waals surface area contributed by atoms with Gasteiger partial charge in [-0.15, -0.1) is 0 Å². The Bertz CT molecular complexity index is 402. The van der Waals surface area contributed by atoms with E-state index in [2.05, 4.69) is 21.2 Å². The lowest BCUT2D eigenvalue weighted by molar-refractivity contribution is 0.0950. The second-order valence-corrected chi connectivity index (χ2v) is 5.07. The molecule has 2 N–H and O–H groups in total. The Morgan fingerprint density at radius 2 is 2.25 bits per heavy atom. The molecule has 4 heteroatoms. The molecule has 0 heterocycles. The van der Waals surface area contributed by atoms with Crippen molar-refractivity contribution in [1.82, 2.24) is 5.32 Å². The van der Waals surface area contributed by atoms with Gasteiger partial charge in [0.1, 0.15) is 5.75 Å². The Hall–Kier alpha value is -1.03. The quantitative estimate of drug-likeness (QED) is 0.893. The summed E-state index contributed by atoms with van der Waals surface area (Å²) in [5, 5.41) is 12.4. The summed E-state index contributed by atoms with van der Waals surface area (Å²) in [4.78, 5) is 11.7. The molecule has 1 aromatic rings. The number of carbonyl (C=O) groups excluding carboxylic acids is 1. The van der Waals surface area contributed by atoms with Gasteiger partial charge in [-0.3, -0.25) is 4.79 Å². The molecule has 1 aromatic carbocycles. The van der Waals surface area contributed by atoms with Crippen LogP contribution in [0.1, 0.15) is 29.6 Å². The molecule has 0 radical (unpaired) electrons. The third-order valence-electron chi connectivity index (χ3n) is 2.74. The minimum absolute atomic E-state index is 0.0205. The van der Waals surface area contributed by atoms with Gasteiger partial charge in [0.15, 0.2) is 0 Å². The zero-order valence-electron chi connectivity index (χ0n) is 8.87. The lowest BCUT2D eigenvalue weighted by Crippen LogP contribution is -2.24. The molecule has 0 atom stereocenters. The number of phenols is 1. The predicted octanol–water partition coefficient (Wildman–Crippen LogP) is 2.68. The van der Waals surface area contributed by atoms with Crippen LogP contribution in [0.15, 0.2) is 22.7 Å². The fourth-order valence-corrected chi connectivity index (χ4v) is 1.94. The second kappa shape index (κ2) is 4.87. The zero-order chi connectivity index (χ0) is 11.5. The first-order chi connectivity index (χ1) is 7.66. The molecule has 0 unspecified atom stereocenters. The van der Waals surface area contributed by atoms with Crippen molar-refractivity contribution < 1.29 is 9.90 Å². The number of benzene rings is 1. The monoisotopic (exact) mass is 283 g/mol. The summed E-state index contributed by atoms with van der Waals surface area (Å²) < 4.78 is 0.789. The van der Waals surface area contributed by atoms with Gasteiger partial charge in [-0.2, -0.15) is 0 Å². The molecule has 0 aromatic heterocycles. The number of phenolic OH excluding ortho intramolecular Hbond substituents is 1. The number of hydrogen-bond acceptors (Lipinski definition) is 2. The van der Waals surface area contributed by atoms with E-state index in [4.69, 9.17) is 0 Å². The highest BCUT2D eigenvalue weighted by Gasteiger charge is 2.21. The van der Waals surface area contributed by atoms with Crippen molar-refractivity contribution >= 4 is 21.8 Å². The number of amides is 1. The molecule has 3 nitrogen and oxygen atoms in total. The summed E-state index contributed by atoms with van der Waals surface area (Å²) in [6.45, 7) is 0.690. The van der Waals surface area contributed by atoms with Gasteiger partial charge >= 0.3 is 0 Å². The molecule has 0 bridgehead atoms. The average Bonchev–Trinajstić information content (AvgIpc) is 3.05. The van der Waals surface area contributed by atoms with Gasteiger partial charge < -0.3 is 10.4 Å². The van der Waals surface area contributed by atoms with Gasteiger partial charge in [0.25, 0.3) is 5.91 Å². The van der Waals surface area contributed by atoms with Crippen LogP contribution in [0.5, 0.6) is 5.75 Å². The van der Waals surface area contributed by atoms with Crippen LogP contribution in [0.3, 0.4) is 0 Å². The first kappa shape index (κ1) is 11.5. The van der Waals surface area contributed by atoms with Crippen LogP contribution in [0.2, 0.25) is 0 Å². The molecule has 86 valence electrons. The van der Waals surface area contributed by atoms with E-state index in [9.17, 15) is 9.90 Å². The van der Waals surface area contributed by atoms with E-state index in [1.165, 1.54) is 18.9 Å². The van der Waals surface area contributed by atoms with Crippen LogP contribution in [-0.4, -0.2) is 17.6 Å². The van der Waals surface area contributed by atoms with Gasteiger partial charge in [0, 0.05) is 11.0 Å². The van der Waals surface area contributed by atoms with Gasteiger partial charge in [0.2, 0.25) is 0 Å². The predicted molar refractivity (Wildman–Crippen MR) is 65.5 cm³/mol. The number of hydrogen-bond donors (Lipinski definition) is 2. The van der Waals surface area contributed by atoms with Crippen molar-refractivity contribution in [3.05, 3.63) is 28.2 Å². The largest absolute Gasteiger partial charge is 0.507 e. The van der Waals surface area contributed by atoms with E-state index in [-0.39, 0.29) is 11.7 Å². The topological polar surface area (TPSA) is 49.3 Å². The van der Waals surface area contributed by atoms with Gasteiger partial charge in [-0.1, -0.05) is 28.8 Å². The van der Waals surface area contributed by atoms with Crippen molar-refractivity contribution in [1.29, 1.82) is 0 Å². The molecule has 1 fully saturated rings. The SMILES string of the molecule is O=C(NCCC1CC1)c1cc(Br)ccc1O. The molecule has 2 rings (SSSR count). The van der Waals surface area contributed by atoms with E-state index in [1.807, 2.05) is 0 Å². The van der Waals surface area contributed by atoms with Gasteiger partial charge in [-0.25, -0.2) is 0 Å². The number of rotatable bonds is 4. The Labute approximate surface area is 103 Å². The third kappa shape index (κ3) is 2.98. The van der Waals surface area contributed by atoms with E-state index in [1.54, 1.807) is 12.1 Å². The highest BCUT2D eigenvalue weighted by atomic mass is 79.9. The zero-order valence-corrected chi connectivity index (χ0v) is 10.5. The molecular formula is C12H14BrNO2. The fraction of sp³-hybridized carbons (Fsp3) is 0.417. The first-order valence-electron chi connectivity index (χ1n) is 5.43. The summed E-state index contributed by atoms with van der Waals surface area (Å²) in [5.41, 5.74) is 0.324. The van der Waals surface area contributed by atoms with Crippen LogP contribution in [0.25, 0.3) is 0 Å². The van der Waals surface area contributed by atoms with Crippen LogP contribution in [0.4, 0.5) is 0 Å². The number of nitrogens with one attached hydrogen (secondary N) is 1. The smallest absolute Gasteiger partial charge is 0.255 e. The summed E-state index contributed by atoms with van der Waals surface area (Å²) in [6.07, 6.45) is 3.62. The molecule has 0 saturated heterocycles. The second-order valence-electron chi connectivity index (χ2n) is 4.15. The van der Waals surface area contributed by atoms with Crippen LogP contribution in [0, 0.1) is 5.92 Å². The molecule has 0 aliphatic heterocycles. The average molecular weight is 284 g/mol. The van der Waals surface area contributed by atoms with Gasteiger partial charge in [-0.05, 0) is 30.5 Å². The summed E-state index contributed by atoms with van der Waals surface area (Å²) in [5.74, 6) is 0.614. The lowest BCUT2D eigenvalue weighted by atomic mass is 10.2. The van der Waals surface area contributed by atoms with E-state index >= 15 is 0 Å². The molecule has 0 spiro atoms. The van der Waals surface area contributed by atoms with Crippen molar-refractivity contribution in [2.24, 2.45) is 5.92 Å². The number of carbonyl (C=O) groups is 1. The van der Waals surface area contributed by atoms with E-state index in [0.717, 1.165) is 16.8 Å². The van der Waals surface area contributed by atoms with Gasteiger partial charge in [0.05, 0.1) is 5.56 Å². The first-order valence-corrected chi connectivity index (χ1v) is 6.23. The Kier molecular flexibility index (Phi) is 3.49. The standard InChI is InChI=1S/C12H14BrNO2/c13-9-3-4-11(15)10(7-9)12(16)14-6-5-8-1-2-8/h3-4,7-8,15H,1-2,5-6H2,(H,14,16). The Balaban J connectivity index is 1.93. The highest BCUT2D eigenvalue weighted by molar-refractivity contribution is 9.10. The molecule has 1 aliphatic rings. The van der Waals surface area contributed by atoms with Crippen LogP contribution in [-0.2, 0) is 0 Å². The molecular weight excluding hydrogens is 270 g/mol. The van der Waals surface area contributed by atoms with Crippen molar-refractivity contribution in [3.63, 3.8) is 0 Å². The van der Waals surface area contributed by atoms with Crippen molar-refractivity contribution in [3.8, 4) is 5.75 Å². The number of halogens is 1. The molecule has 16 heavy (non-hydrogen) atoms. The van der Waals surface area contributed by atoms with E-state index in [0.29, 0.717) is 12.1 Å². The molecule has 1 saturated carbocycles. The highest BCUT2D eigenvalue weighted by Crippen LogP contribution is 2.31.